The first kappa shape index (κ1) is 18.1. The van der Waals surface area contributed by atoms with Gasteiger partial charge in [0.15, 0.2) is 0 Å². The fourth-order valence-electron chi connectivity index (χ4n) is 3.11. The van der Waals surface area contributed by atoms with Crippen LogP contribution in [0.1, 0.15) is 24.2 Å². The lowest BCUT2D eigenvalue weighted by atomic mass is 10.1. The van der Waals surface area contributed by atoms with Gasteiger partial charge in [0.1, 0.15) is 11.5 Å². The Hall–Kier alpha value is -2.69. The Balaban J connectivity index is 1.59. The number of piperazine rings is 1. The van der Waals surface area contributed by atoms with Crippen molar-refractivity contribution in [3.05, 3.63) is 54.1 Å². The summed E-state index contributed by atoms with van der Waals surface area (Å²) in [7, 11) is 1.67. The number of amides is 1. The van der Waals surface area contributed by atoms with E-state index in [4.69, 9.17) is 9.47 Å². The molecule has 1 saturated heterocycles. The molecule has 1 aliphatic heterocycles. The van der Waals surface area contributed by atoms with Crippen molar-refractivity contribution in [3.63, 3.8) is 0 Å². The third kappa shape index (κ3) is 4.28. The summed E-state index contributed by atoms with van der Waals surface area (Å²) in [6, 6.07) is 15.4. The molecule has 138 valence electrons. The van der Waals surface area contributed by atoms with Gasteiger partial charge in [0.05, 0.1) is 13.2 Å². The van der Waals surface area contributed by atoms with Crippen LogP contribution in [0.3, 0.4) is 0 Å². The minimum Gasteiger partial charge on any atom is -0.497 e. The summed E-state index contributed by atoms with van der Waals surface area (Å²) >= 11 is 0. The summed E-state index contributed by atoms with van der Waals surface area (Å²) < 4.78 is 10.9. The third-order valence-electron chi connectivity index (χ3n) is 4.46. The van der Waals surface area contributed by atoms with Gasteiger partial charge in [-0.1, -0.05) is 6.07 Å². The van der Waals surface area contributed by atoms with Crippen LogP contribution in [0.5, 0.6) is 11.5 Å². The number of methoxy groups -OCH3 is 1. The van der Waals surface area contributed by atoms with E-state index >= 15 is 0 Å². The fraction of sp³-hybridized carbons (Fsp3) is 0.381. The van der Waals surface area contributed by atoms with Crippen molar-refractivity contribution < 1.29 is 14.3 Å². The normalized spacial score (nSPS) is 14.5. The number of ether oxygens (including phenoxy) is 2. The largest absolute Gasteiger partial charge is 0.497 e. The Labute approximate surface area is 155 Å². The number of carbonyl (C=O) groups is 1. The molecule has 3 rings (SSSR count). The van der Waals surface area contributed by atoms with E-state index < -0.39 is 0 Å². The van der Waals surface area contributed by atoms with E-state index in [1.54, 1.807) is 7.11 Å². The molecule has 0 N–H and O–H groups in total. The van der Waals surface area contributed by atoms with Crippen LogP contribution >= 0.6 is 0 Å². The maximum atomic E-state index is 12.7. The van der Waals surface area contributed by atoms with Crippen LogP contribution < -0.4 is 14.4 Å². The minimum atomic E-state index is 0.0754. The zero-order chi connectivity index (χ0) is 18.5. The van der Waals surface area contributed by atoms with Gasteiger partial charge >= 0.3 is 0 Å². The average molecular weight is 354 g/mol. The Kier molecular flexibility index (Phi) is 5.66. The SMILES string of the molecule is COc1cccc(N2CCN(C(=O)c3ccc(OC(C)C)cc3)CC2)c1. The average Bonchev–Trinajstić information content (AvgIpc) is 2.68. The summed E-state index contributed by atoms with van der Waals surface area (Å²) in [5.74, 6) is 1.72. The smallest absolute Gasteiger partial charge is 0.253 e. The molecule has 2 aromatic carbocycles. The molecular formula is C21H26N2O3. The number of benzene rings is 2. The van der Waals surface area contributed by atoms with Crippen molar-refractivity contribution in [3.8, 4) is 11.5 Å². The first-order chi connectivity index (χ1) is 12.6. The fourth-order valence-corrected chi connectivity index (χ4v) is 3.11. The van der Waals surface area contributed by atoms with E-state index in [9.17, 15) is 4.79 Å². The van der Waals surface area contributed by atoms with Crippen molar-refractivity contribution >= 4 is 11.6 Å². The van der Waals surface area contributed by atoms with Gasteiger partial charge in [0.25, 0.3) is 5.91 Å². The van der Waals surface area contributed by atoms with Gasteiger partial charge in [0, 0.05) is 43.5 Å². The highest BCUT2D eigenvalue weighted by Gasteiger charge is 2.22. The first-order valence-corrected chi connectivity index (χ1v) is 9.02. The van der Waals surface area contributed by atoms with Gasteiger partial charge in [-0.15, -0.1) is 0 Å². The van der Waals surface area contributed by atoms with Crippen LogP contribution in [-0.2, 0) is 0 Å². The van der Waals surface area contributed by atoms with Crippen molar-refractivity contribution in [2.75, 3.05) is 38.2 Å². The highest BCUT2D eigenvalue weighted by molar-refractivity contribution is 5.94. The predicted octanol–water partition coefficient (Wildman–Crippen LogP) is 3.44. The quantitative estimate of drug-likeness (QED) is 0.825. The number of hydrogen-bond acceptors (Lipinski definition) is 4. The molecule has 0 radical (unpaired) electrons. The Bertz CT molecular complexity index is 735. The number of rotatable bonds is 5. The summed E-state index contributed by atoms with van der Waals surface area (Å²) in [4.78, 5) is 16.9. The highest BCUT2D eigenvalue weighted by atomic mass is 16.5. The second-order valence-electron chi connectivity index (χ2n) is 6.67. The molecule has 1 amide bonds. The summed E-state index contributed by atoms with van der Waals surface area (Å²) in [5.41, 5.74) is 1.84. The summed E-state index contributed by atoms with van der Waals surface area (Å²) in [6.45, 7) is 7.02. The molecule has 5 heteroatoms. The van der Waals surface area contributed by atoms with E-state index in [0.717, 1.165) is 30.3 Å². The number of nitrogens with zero attached hydrogens (tertiary/aromatic N) is 2. The van der Waals surface area contributed by atoms with Crippen molar-refractivity contribution in [1.29, 1.82) is 0 Å². The van der Waals surface area contributed by atoms with Gasteiger partial charge in [-0.2, -0.15) is 0 Å². The van der Waals surface area contributed by atoms with Crippen molar-refractivity contribution in [2.45, 2.75) is 20.0 Å². The molecule has 26 heavy (non-hydrogen) atoms. The van der Waals surface area contributed by atoms with Crippen molar-refractivity contribution in [2.24, 2.45) is 0 Å². The van der Waals surface area contributed by atoms with Crippen molar-refractivity contribution in [1.82, 2.24) is 4.90 Å². The number of anilines is 1. The summed E-state index contributed by atoms with van der Waals surface area (Å²) in [6.07, 6.45) is 0.126. The van der Waals surface area contributed by atoms with E-state index in [1.165, 1.54) is 0 Å². The molecular weight excluding hydrogens is 328 g/mol. The lowest BCUT2D eigenvalue weighted by Crippen LogP contribution is -2.48. The predicted molar refractivity (Wildman–Crippen MR) is 103 cm³/mol. The van der Waals surface area contributed by atoms with Crippen LogP contribution in [0.4, 0.5) is 5.69 Å². The summed E-state index contributed by atoms with van der Waals surface area (Å²) in [5, 5.41) is 0. The third-order valence-corrected chi connectivity index (χ3v) is 4.46. The van der Waals surface area contributed by atoms with E-state index in [2.05, 4.69) is 11.0 Å². The van der Waals surface area contributed by atoms with Crippen LogP contribution in [-0.4, -0.2) is 50.2 Å². The molecule has 0 atom stereocenters. The van der Waals surface area contributed by atoms with Gasteiger partial charge < -0.3 is 19.3 Å². The van der Waals surface area contributed by atoms with Gasteiger partial charge in [-0.05, 0) is 50.2 Å². The maximum absolute atomic E-state index is 12.7. The molecule has 0 saturated carbocycles. The topological polar surface area (TPSA) is 42.0 Å². The van der Waals surface area contributed by atoms with E-state index in [0.29, 0.717) is 18.7 Å². The zero-order valence-electron chi connectivity index (χ0n) is 15.6. The second kappa shape index (κ2) is 8.13. The number of hydrogen-bond donors (Lipinski definition) is 0. The van der Waals surface area contributed by atoms with E-state index in [-0.39, 0.29) is 12.0 Å². The highest BCUT2D eigenvalue weighted by Crippen LogP contribution is 2.23. The van der Waals surface area contributed by atoms with Crippen LogP contribution in [0.15, 0.2) is 48.5 Å². The lowest BCUT2D eigenvalue weighted by Gasteiger charge is -2.36. The Morgan fingerprint density at radius 1 is 0.962 bits per heavy atom. The lowest BCUT2D eigenvalue weighted by molar-refractivity contribution is 0.0746. The molecule has 0 aliphatic carbocycles. The van der Waals surface area contributed by atoms with Crippen LogP contribution in [0.25, 0.3) is 0 Å². The molecule has 0 aromatic heterocycles. The molecule has 1 heterocycles. The number of carbonyl (C=O) groups excluding carboxylic acids is 1. The molecule has 5 nitrogen and oxygen atoms in total. The standard InChI is InChI=1S/C21H26N2O3/c1-16(2)26-19-9-7-17(8-10-19)21(24)23-13-11-22(12-14-23)18-5-4-6-20(15-18)25-3/h4-10,15-16H,11-14H2,1-3H3. The Morgan fingerprint density at radius 2 is 1.65 bits per heavy atom. The first-order valence-electron chi connectivity index (χ1n) is 9.02. The maximum Gasteiger partial charge on any atom is 0.253 e. The van der Waals surface area contributed by atoms with Crippen LogP contribution in [0.2, 0.25) is 0 Å². The van der Waals surface area contributed by atoms with Gasteiger partial charge in [-0.25, -0.2) is 0 Å². The minimum absolute atomic E-state index is 0.0754. The Morgan fingerprint density at radius 3 is 2.27 bits per heavy atom. The monoisotopic (exact) mass is 354 g/mol. The molecule has 0 unspecified atom stereocenters. The zero-order valence-corrected chi connectivity index (χ0v) is 15.6. The molecule has 1 fully saturated rings. The molecule has 0 bridgehead atoms. The van der Waals surface area contributed by atoms with Gasteiger partial charge in [-0.3, -0.25) is 4.79 Å². The van der Waals surface area contributed by atoms with Crippen LogP contribution in [0, 0.1) is 0 Å². The molecule has 0 spiro atoms. The second-order valence-corrected chi connectivity index (χ2v) is 6.67. The molecule has 1 aliphatic rings. The van der Waals surface area contributed by atoms with E-state index in [1.807, 2.05) is 61.2 Å². The van der Waals surface area contributed by atoms with Gasteiger partial charge in [0.2, 0.25) is 0 Å². The molecule has 2 aromatic rings.